The number of ketones is 1. The molecule has 0 aromatic heterocycles. The van der Waals surface area contributed by atoms with Crippen molar-refractivity contribution in [2.75, 3.05) is 14.2 Å². The van der Waals surface area contributed by atoms with Gasteiger partial charge in [-0.1, -0.05) is 30.3 Å². The van der Waals surface area contributed by atoms with Crippen molar-refractivity contribution in [1.82, 2.24) is 4.90 Å². The number of Topliss-reactive ketones (excluding diaryl/α,β-unsaturated/α-hetero) is 1. The molecule has 0 radical (unpaired) electrons. The Labute approximate surface area is 118 Å². The third-order valence-corrected chi connectivity index (χ3v) is 3.27. The fraction of sp³-hybridized carbons (Fsp3) is 0.250. The van der Waals surface area contributed by atoms with Crippen LogP contribution < -0.4 is 0 Å². The van der Waals surface area contributed by atoms with Gasteiger partial charge in [0, 0.05) is 30.9 Å². The summed E-state index contributed by atoms with van der Waals surface area (Å²) >= 11 is 0. The number of hydrogen-bond donors (Lipinski definition) is 0. The van der Waals surface area contributed by atoms with E-state index in [9.17, 15) is 9.59 Å². The summed E-state index contributed by atoms with van der Waals surface area (Å²) in [6.45, 7) is 1.51. The van der Waals surface area contributed by atoms with E-state index in [4.69, 9.17) is 4.74 Å². The standard InChI is InChI=1S/C16H17NO3/c1-11(18)13-9-17(2)10-14(16(19)20-3)15(13)12-7-5-4-6-8-12/h4-10,15H,1-3H3. The number of rotatable bonds is 3. The van der Waals surface area contributed by atoms with Crippen molar-refractivity contribution >= 4 is 11.8 Å². The van der Waals surface area contributed by atoms with Gasteiger partial charge in [-0.15, -0.1) is 0 Å². The molecule has 20 heavy (non-hydrogen) atoms. The summed E-state index contributed by atoms with van der Waals surface area (Å²) in [6, 6.07) is 9.49. The maximum Gasteiger partial charge on any atom is 0.336 e. The van der Waals surface area contributed by atoms with Crippen molar-refractivity contribution in [3.8, 4) is 0 Å². The van der Waals surface area contributed by atoms with Gasteiger partial charge in [0.25, 0.3) is 0 Å². The molecule has 2 rings (SSSR count). The van der Waals surface area contributed by atoms with Gasteiger partial charge >= 0.3 is 5.97 Å². The lowest BCUT2D eigenvalue weighted by Gasteiger charge is -2.28. The maximum atomic E-state index is 12.0. The molecule has 1 aromatic rings. The second kappa shape index (κ2) is 5.74. The van der Waals surface area contributed by atoms with Crippen molar-refractivity contribution in [1.29, 1.82) is 0 Å². The van der Waals surface area contributed by atoms with Crippen LogP contribution in [0.5, 0.6) is 0 Å². The molecule has 4 nitrogen and oxygen atoms in total. The summed E-state index contributed by atoms with van der Waals surface area (Å²) in [6.07, 6.45) is 3.46. The molecule has 1 unspecified atom stereocenters. The van der Waals surface area contributed by atoms with Crippen molar-refractivity contribution < 1.29 is 14.3 Å². The average molecular weight is 271 g/mol. The number of benzene rings is 1. The van der Waals surface area contributed by atoms with Crippen molar-refractivity contribution in [2.45, 2.75) is 12.8 Å². The normalized spacial score (nSPS) is 18.1. The number of carbonyl (C=O) groups is 2. The minimum atomic E-state index is -0.419. The van der Waals surface area contributed by atoms with E-state index in [-0.39, 0.29) is 11.7 Å². The number of hydrogen-bond acceptors (Lipinski definition) is 4. The largest absolute Gasteiger partial charge is 0.466 e. The number of methoxy groups -OCH3 is 1. The lowest BCUT2D eigenvalue weighted by Crippen LogP contribution is -2.25. The van der Waals surface area contributed by atoms with Gasteiger partial charge in [-0.05, 0) is 12.5 Å². The minimum absolute atomic E-state index is 0.0554. The van der Waals surface area contributed by atoms with Crippen LogP contribution in [0.15, 0.2) is 53.9 Å². The molecule has 0 spiro atoms. The number of esters is 1. The van der Waals surface area contributed by atoms with E-state index in [1.807, 2.05) is 30.3 Å². The van der Waals surface area contributed by atoms with E-state index in [0.717, 1.165) is 5.56 Å². The van der Waals surface area contributed by atoms with Gasteiger partial charge in [-0.3, -0.25) is 4.79 Å². The molecule has 0 N–H and O–H groups in total. The maximum absolute atomic E-state index is 12.0. The van der Waals surface area contributed by atoms with Crippen LogP contribution in [0.2, 0.25) is 0 Å². The van der Waals surface area contributed by atoms with Gasteiger partial charge in [-0.25, -0.2) is 4.79 Å². The van der Waals surface area contributed by atoms with Gasteiger partial charge in [-0.2, -0.15) is 0 Å². The number of ether oxygens (including phenoxy) is 1. The Bertz CT molecular complexity index is 587. The first-order chi connectivity index (χ1) is 9.54. The van der Waals surface area contributed by atoms with Crippen LogP contribution in [0.1, 0.15) is 18.4 Å². The predicted octanol–water partition coefficient (Wildman–Crippen LogP) is 2.25. The zero-order valence-electron chi connectivity index (χ0n) is 11.8. The second-order valence-corrected chi connectivity index (χ2v) is 4.73. The molecule has 1 aliphatic rings. The van der Waals surface area contributed by atoms with Gasteiger partial charge in [0.1, 0.15) is 0 Å². The van der Waals surface area contributed by atoms with Crippen molar-refractivity contribution in [2.24, 2.45) is 0 Å². The first-order valence-electron chi connectivity index (χ1n) is 6.34. The van der Waals surface area contributed by atoms with Crippen molar-refractivity contribution in [3.63, 3.8) is 0 Å². The third kappa shape index (κ3) is 2.64. The Hall–Kier alpha value is -2.36. The first kappa shape index (κ1) is 14.1. The highest BCUT2D eigenvalue weighted by Gasteiger charge is 2.32. The molecule has 0 saturated heterocycles. The molecule has 104 valence electrons. The SMILES string of the molecule is COC(=O)C1=CN(C)C=C(C(C)=O)C1c1ccccc1. The van der Waals surface area contributed by atoms with Gasteiger partial charge < -0.3 is 9.64 Å². The molecule has 0 bridgehead atoms. The fourth-order valence-electron chi connectivity index (χ4n) is 2.38. The lowest BCUT2D eigenvalue weighted by atomic mass is 9.82. The number of carbonyl (C=O) groups excluding carboxylic acids is 2. The molecule has 1 atom stereocenters. The van der Waals surface area contributed by atoms with Gasteiger partial charge in [0.05, 0.1) is 12.7 Å². The lowest BCUT2D eigenvalue weighted by molar-refractivity contribution is -0.136. The molecule has 1 aromatic carbocycles. The fourth-order valence-corrected chi connectivity index (χ4v) is 2.38. The first-order valence-corrected chi connectivity index (χ1v) is 6.34. The quantitative estimate of drug-likeness (QED) is 0.791. The van der Waals surface area contributed by atoms with E-state index < -0.39 is 5.97 Å². The molecule has 0 saturated carbocycles. The molecule has 0 amide bonds. The van der Waals surface area contributed by atoms with Crippen LogP contribution >= 0.6 is 0 Å². The minimum Gasteiger partial charge on any atom is -0.466 e. The van der Waals surface area contributed by atoms with Crippen molar-refractivity contribution in [3.05, 3.63) is 59.4 Å². The highest BCUT2D eigenvalue weighted by molar-refractivity contribution is 6.00. The van der Waals surface area contributed by atoms with E-state index in [2.05, 4.69) is 0 Å². The summed E-state index contributed by atoms with van der Waals surface area (Å²) in [4.78, 5) is 25.6. The summed E-state index contributed by atoms with van der Waals surface area (Å²) in [7, 11) is 3.13. The zero-order chi connectivity index (χ0) is 14.7. The highest BCUT2D eigenvalue weighted by atomic mass is 16.5. The topological polar surface area (TPSA) is 46.6 Å². The Morgan fingerprint density at radius 1 is 1.10 bits per heavy atom. The monoisotopic (exact) mass is 271 g/mol. The van der Waals surface area contributed by atoms with Crippen LogP contribution in [0.4, 0.5) is 0 Å². The van der Waals surface area contributed by atoms with Gasteiger partial charge in [0.2, 0.25) is 0 Å². The van der Waals surface area contributed by atoms with E-state index >= 15 is 0 Å². The molecule has 0 aliphatic carbocycles. The molecular weight excluding hydrogens is 254 g/mol. The van der Waals surface area contributed by atoms with E-state index in [0.29, 0.717) is 11.1 Å². The highest BCUT2D eigenvalue weighted by Crippen LogP contribution is 2.36. The smallest absolute Gasteiger partial charge is 0.336 e. The third-order valence-electron chi connectivity index (χ3n) is 3.27. The second-order valence-electron chi connectivity index (χ2n) is 4.73. The summed E-state index contributed by atoms with van der Waals surface area (Å²) < 4.78 is 4.85. The zero-order valence-corrected chi connectivity index (χ0v) is 11.8. The molecule has 1 heterocycles. The Morgan fingerprint density at radius 3 is 2.25 bits per heavy atom. The number of nitrogens with zero attached hydrogens (tertiary/aromatic N) is 1. The Balaban J connectivity index is 2.55. The molecule has 0 fully saturated rings. The molecule has 1 aliphatic heterocycles. The van der Waals surface area contributed by atoms with Crippen LogP contribution in [0.3, 0.4) is 0 Å². The molecular formula is C16H17NO3. The molecule has 4 heteroatoms. The van der Waals surface area contributed by atoms with E-state index in [1.54, 1.807) is 24.3 Å². The summed E-state index contributed by atoms with van der Waals surface area (Å²) in [5.74, 6) is -0.852. The predicted molar refractivity (Wildman–Crippen MR) is 75.8 cm³/mol. The average Bonchev–Trinajstić information content (AvgIpc) is 2.46. The Morgan fingerprint density at radius 2 is 1.70 bits per heavy atom. The van der Waals surface area contributed by atoms with E-state index in [1.165, 1.54) is 14.0 Å². The van der Waals surface area contributed by atoms with Crippen LogP contribution in [0.25, 0.3) is 0 Å². The van der Waals surface area contributed by atoms with Crippen LogP contribution in [-0.4, -0.2) is 30.8 Å². The van der Waals surface area contributed by atoms with Crippen LogP contribution in [0, 0.1) is 0 Å². The summed E-state index contributed by atoms with van der Waals surface area (Å²) in [5, 5.41) is 0. The van der Waals surface area contributed by atoms with Gasteiger partial charge in [0.15, 0.2) is 5.78 Å². The van der Waals surface area contributed by atoms with Crippen LogP contribution in [-0.2, 0) is 14.3 Å². The Kier molecular flexibility index (Phi) is 4.03. The summed E-state index contributed by atoms with van der Waals surface area (Å²) in [5.41, 5.74) is 1.95. The number of allylic oxidation sites excluding steroid dienone is 1.